The molecule has 45 heavy (non-hydrogen) atoms. The van der Waals surface area contributed by atoms with Crippen LogP contribution in [0.15, 0.2) is 36.4 Å². The highest BCUT2D eigenvalue weighted by molar-refractivity contribution is 6.42. The van der Waals surface area contributed by atoms with Crippen molar-refractivity contribution < 1.29 is 50.2 Å². The fourth-order valence-electron chi connectivity index (χ4n) is 3.99. The van der Waals surface area contributed by atoms with E-state index in [9.17, 15) is 40.7 Å². The van der Waals surface area contributed by atoms with Gasteiger partial charge in [0.15, 0.2) is 0 Å². The minimum absolute atomic E-state index is 0.0342. The van der Waals surface area contributed by atoms with Crippen molar-refractivity contribution in [1.29, 1.82) is 0 Å². The molecule has 2 amide bonds. The third kappa shape index (κ3) is 13.0. The first-order valence-electron chi connectivity index (χ1n) is 13.6. The van der Waals surface area contributed by atoms with Gasteiger partial charge in [0.2, 0.25) is 5.91 Å². The second kappa shape index (κ2) is 14.5. The van der Waals surface area contributed by atoms with Crippen molar-refractivity contribution in [3.05, 3.63) is 68.7 Å². The molecule has 1 atom stereocenters. The van der Waals surface area contributed by atoms with Gasteiger partial charge in [-0.2, -0.15) is 26.3 Å². The highest BCUT2D eigenvalue weighted by atomic mass is 35.5. The van der Waals surface area contributed by atoms with Crippen molar-refractivity contribution in [2.75, 3.05) is 6.54 Å². The van der Waals surface area contributed by atoms with E-state index in [0.717, 1.165) is 4.90 Å². The van der Waals surface area contributed by atoms with E-state index in [1.165, 1.54) is 18.2 Å². The molecule has 2 aromatic rings. The fourth-order valence-corrected chi connectivity index (χ4v) is 4.31. The minimum Gasteiger partial charge on any atom is -0.460 e. The number of ether oxygens (including phenoxy) is 2. The lowest BCUT2D eigenvalue weighted by Gasteiger charge is -2.30. The third-order valence-electron chi connectivity index (χ3n) is 5.75. The lowest BCUT2D eigenvalue weighted by molar-refractivity contribution is -0.155. The smallest absolute Gasteiger partial charge is 0.416 e. The van der Waals surface area contributed by atoms with Gasteiger partial charge in [0, 0.05) is 19.5 Å². The van der Waals surface area contributed by atoms with Crippen molar-refractivity contribution in [2.45, 2.75) is 90.5 Å². The van der Waals surface area contributed by atoms with Gasteiger partial charge in [0.1, 0.15) is 17.2 Å². The topological polar surface area (TPSA) is 84.9 Å². The molecule has 0 spiro atoms. The van der Waals surface area contributed by atoms with Gasteiger partial charge in [-0.1, -0.05) is 29.3 Å². The summed E-state index contributed by atoms with van der Waals surface area (Å²) in [6, 6.07) is 3.86. The molecule has 0 bridgehead atoms. The molecule has 2 rings (SSSR count). The molecule has 1 unspecified atom stereocenters. The molecule has 1 N–H and O–H groups in total. The summed E-state index contributed by atoms with van der Waals surface area (Å²) in [6.45, 7) is 8.24. The standard InChI is InChI=1S/C30H34Cl2F6N2O5/c1-27(2,3)44-24(41)9-10-40(16-18-11-19(29(33,34)35)15-20(12-18)30(36,37)38)25(42)23(39-26(43)45-28(4,5)6)14-17-7-8-21(31)22(32)13-17/h7-8,11-13,15,23H,9-10,14,16H2,1-6H3,(H,39,43). The summed E-state index contributed by atoms with van der Waals surface area (Å²) < 4.78 is 91.9. The lowest BCUT2D eigenvalue weighted by atomic mass is 10.0. The monoisotopic (exact) mass is 686 g/mol. The van der Waals surface area contributed by atoms with Crippen LogP contribution in [0.3, 0.4) is 0 Å². The molecule has 0 fully saturated rings. The summed E-state index contributed by atoms with van der Waals surface area (Å²) in [4.78, 5) is 40.1. The summed E-state index contributed by atoms with van der Waals surface area (Å²) in [5.41, 5.74) is -5.16. The number of carbonyl (C=O) groups is 3. The number of hydrogen-bond acceptors (Lipinski definition) is 5. The molecule has 0 heterocycles. The fraction of sp³-hybridized carbons (Fsp3) is 0.500. The molecule has 0 aliphatic heterocycles. The van der Waals surface area contributed by atoms with Crippen LogP contribution in [-0.4, -0.2) is 46.7 Å². The van der Waals surface area contributed by atoms with Crippen molar-refractivity contribution in [3.8, 4) is 0 Å². The van der Waals surface area contributed by atoms with Crippen LogP contribution in [0.2, 0.25) is 10.0 Å². The number of nitrogens with zero attached hydrogens (tertiary/aromatic N) is 1. The Kier molecular flexibility index (Phi) is 12.2. The molecular formula is C30H34Cl2F6N2O5. The molecule has 0 aliphatic rings. The first kappa shape index (κ1) is 38.0. The predicted octanol–water partition coefficient (Wildman–Crippen LogP) is 8.23. The summed E-state index contributed by atoms with van der Waals surface area (Å²) >= 11 is 12.1. The van der Waals surface area contributed by atoms with E-state index in [2.05, 4.69) is 5.32 Å². The number of alkyl carbamates (subject to hydrolysis) is 1. The number of halogens is 8. The summed E-state index contributed by atoms with van der Waals surface area (Å²) in [5.74, 6) is -1.71. The maximum atomic E-state index is 14.0. The third-order valence-corrected chi connectivity index (χ3v) is 6.49. The number of hydrogen-bond donors (Lipinski definition) is 1. The van der Waals surface area contributed by atoms with Gasteiger partial charge in [-0.25, -0.2) is 4.79 Å². The molecule has 0 aliphatic carbocycles. The molecule has 15 heteroatoms. The Morgan fingerprint density at radius 2 is 1.31 bits per heavy atom. The van der Waals surface area contributed by atoms with Gasteiger partial charge < -0.3 is 19.7 Å². The van der Waals surface area contributed by atoms with Crippen molar-refractivity contribution >= 4 is 41.2 Å². The van der Waals surface area contributed by atoms with Gasteiger partial charge in [-0.15, -0.1) is 0 Å². The van der Waals surface area contributed by atoms with Crippen LogP contribution in [0.25, 0.3) is 0 Å². The average molecular weight is 688 g/mol. The summed E-state index contributed by atoms with van der Waals surface area (Å²) in [7, 11) is 0. The van der Waals surface area contributed by atoms with Crippen LogP contribution in [0.1, 0.15) is 70.2 Å². The molecular weight excluding hydrogens is 653 g/mol. The Hall–Kier alpha value is -3.19. The van der Waals surface area contributed by atoms with Crippen LogP contribution < -0.4 is 5.32 Å². The molecule has 0 radical (unpaired) electrons. The van der Waals surface area contributed by atoms with E-state index < -0.39 is 83.8 Å². The summed E-state index contributed by atoms with van der Waals surface area (Å²) in [5, 5.41) is 2.74. The van der Waals surface area contributed by atoms with Crippen LogP contribution in [0.5, 0.6) is 0 Å². The number of carbonyl (C=O) groups excluding carboxylic acids is 3. The van der Waals surface area contributed by atoms with Gasteiger partial charge in [0.05, 0.1) is 27.6 Å². The lowest BCUT2D eigenvalue weighted by Crippen LogP contribution is -2.51. The molecule has 7 nitrogen and oxygen atoms in total. The van der Waals surface area contributed by atoms with Crippen LogP contribution >= 0.6 is 23.2 Å². The number of esters is 1. The SMILES string of the molecule is CC(C)(C)OC(=O)CCN(Cc1cc(C(F)(F)F)cc(C(F)(F)F)c1)C(=O)C(Cc1ccc(Cl)c(Cl)c1)NC(=O)OC(C)(C)C. The molecule has 0 aromatic heterocycles. The number of benzene rings is 2. The quantitative estimate of drug-likeness (QED) is 0.212. The maximum absolute atomic E-state index is 14.0. The zero-order valence-electron chi connectivity index (χ0n) is 25.4. The number of nitrogens with one attached hydrogen (secondary N) is 1. The van der Waals surface area contributed by atoms with Gasteiger partial charge in [0.25, 0.3) is 0 Å². The van der Waals surface area contributed by atoms with E-state index in [4.69, 9.17) is 32.7 Å². The molecule has 0 saturated heterocycles. The number of alkyl halides is 6. The van der Waals surface area contributed by atoms with E-state index in [1.807, 2.05) is 0 Å². The Bertz CT molecular complexity index is 1350. The van der Waals surface area contributed by atoms with Gasteiger partial charge in [-0.3, -0.25) is 9.59 Å². The normalized spacial score (nSPS) is 13.2. The van der Waals surface area contributed by atoms with Crippen LogP contribution in [0, 0.1) is 0 Å². The highest BCUT2D eigenvalue weighted by Crippen LogP contribution is 2.36. The summed E-state index contributed by atoms with van der Waals surface area (Å²) in [6.07, 6.45) is -12.0. The molecule has 2 aromatic carbocycles. The van der Waals surface area contributed by atoms with Gasteiger partial charge >= 0.3 is 24.4 Å². The minimum atomic E-state index is -5.13. The second-order valence-corrected chi connectivity index (χ2v) is 13.0. The van der Waals surface area contributed by atoms with Crippen molar-refractivity contribution in [1.82, 2.24) is 10.2 Å². The molecule has 0 saturated carbocycles. The van der Waals surface area contributed by atoms with E-state index in [1.54, 1.807) is 41.5 Å². The first-order chi connectivity index (χ1) is 20.3. The Morgan fingerprint density at radius 1 is 0.778 bits per heavy atom. The maximum Gasteiger partial charge on any atom is 0.416 e. The molecule has 250 valence electrons. The average Bonchev–Trinajstić information content (AvgIpc) is 2.84. The van der Waals surface area contributed by atoms with Crippen LogP contribution in [-0.2, 0) is 44.4 Å². The van der Waals surface area contributed by atoms with Crippen molar-refractivity contribution in [3.63, 3.8) is 0 Å². The largest absolute Gasteiger partial charge is 0.460 e. The Morgan fingerprint density at radius 3 is 1.78 bits per heavy atom. The zero-order valence-corrected chi connectivity index (χ0v) is 26.9. The number of rotatable bonds is 9. The Balaban J connectivity index is 2.58. The second-order valence-electron chi connectivity index (χ2n) is 12.2. The first-order valence-corrected chi connectivity index (χ1v) is 14.3. The zero-order chi connectivity index (χ0) is 34.5. The van der Waals surface area contributed by atoms with Crippen molar-refractivity contribution in [2.24, 2.45) is 0 Å². The highest BCUT2D eigenvalue weighted by Gasteiger charge is 2.37. The number of amides is 2. The Labute approximate surface area is 267 Å². The van der Waals surface area contributed by atoms with E-state index >= 15 is 0 Å². The predicted molar refractivity (Wildman–Crippen MR) is 156 cm³/mol. The van der Waals surface area contributed by atoms with E-state index in [-0.39, 0.29) is 22.5 Å². The van der Waals surface area contributed by atoms with Gasteiger partial charge in [-0.05, 0) is 83.0 Å². The van der Waals surface area contributed by atoms with Crippen LogP contribution in [0.4, 0.5) is 31.1 Å². The van der Waals surface area contributed by atoms with E-state index in [0.29, 0.717) is 17.7 Å².